The van der Waals surface area contributed by atoms with Gasteiger partial charge in [0.05, 0.1) is 17.5 Å². The number of aliphatic hydroxyl groups is 1. The van der Waals surface area contributed by atoms with Gasteiger partial charge in [-0.3, -0.25) is 10.1 Å². The van der Waals surface area contributed by atoms with Gasteiger partial charge in [0.2, 0.25) is 0 Å². The number of ketones is 1. The second-order valence-electron chi connectivity index (χ2n) is 10.2. The largest absolute Gasteiger partial charge is 0.407 e. The number of Topliss-reactive ketones (excluding diaryl/α,β-unsaturated/α-hetero) is 1. The standard InChI is InChI=1S/C27H28F6N2O2/c1-25(2,30)13-20(21(36)14-26(15-34)11-12-26)35-23(27(31,32)33)19-9-5-17(6-10-19)16-3-7-18(8-4-16)22(37)24(28)29/h3-10,20,22-24,35,37H,11-14H2,1-2H3. The Bertz CT molecular complexity index is 1110. The zero-order chi connectivity index (χ0) is 27.6. The summed E-state index contributed by atoms with van der Waals surface area (Å²) in [7, 11) is 0. The Labute approximate surface area is 211 Å². The van der Waals surface area contributed by atoms with Gasteiger partial charge in [0.25, 0.3) is 6.43 Å². The van der Waals surface area contributed by atoms with E-state index in [1.165, 1.54) is 62.4 Å². The number of carbonyl (C=O) groups excluding carboxylic acids is 1. The summed E-state index contributed by atoms with van der Waals surface area (Å²) in [6.07, 6.45) is -9.47. The van der Waals surface area contributed by atoms with Crippen LogP contribution in [0, 0.1) is 16.7 Å². The van der Waals surface area contributed by atoms with Gasteiger partial charge in [0.1, 0.15) is 17.8 Å². The minimum absolute atomic E-state index is 0.00702. The summed E-state index contributed by atoms with van der Waals surface area (Å²) in [4.78, 5) is 12.9. The smallest absolute Gasteiger partial charge is 0.382 e. The normalized spacial score (nSPS) is 17.6. The second kappa shape index (κ2) is 10.8. The van der Waals surface area contributed by atoms with E-state index in [-0.39, 0.29) is 17.5 Å². The maximum absolute atomic E-state index is 14.4. The fourth-order valence-electron chi connectivity index (χ4n) is 4.15. The van der Waals surface area contributed by atoms with E-state index >= 15 is 0 Å². The van der Waals surface area contributed by atoms with Crippen LogP contribution in [-0.4, -0.2) is 35.2 Å². The van der Waals surface area contributed by atoms with Crippen molar-refractivity contribution in [2.75, 3.05) is 0 Å². The number of alkyl halides is 6. The molecule has 0 spiro atoms. The van der Waals surface area contributed by atoms with Crippen molar-refractivity contribution >= 4 is 5.78 Å². The zero-order valence-electron chi connectivity index (χ0n) is 20.3. The molecule has 3 unspecified atom stereocenters. The summed E-state index contributed by atoms with van der Waals surface area (Å²) in [5.74, 6) is -0.637. The van der Waals surface area contributed by atoms with E-state index in [0.717, 1.165) is 0 Å². The third kappa shape index (κ3) is 7.55. The lowest BCUT2D eigenvalue weighted by molar-refractivity contribution is -0.161. The first kappa shape index (κ1) is 28.7. The zero-order valence-corrected chi connectivity index (χ0v) is 20.3. The van der Waals surface area contributed by atoms with E-state index in [2.05, 4.69) is 5.32 Å². The lowest BCUT2D eigenvalue weighted by Crippen LogP contribution is -2.47. The molecular formula is C27H28F6N2O2. The number of halogens is 6. The molecule has 0 radical (unpaired) electrons. The van der Waals surface area contributed by atoms with Gasteiger partial charge in [-0.2, -0.15) is 18.4 Å². The van der Waals surface area contributed by atoms with Crippen LogP contribution in [-0.2, 0) is 4.79 Å². The van der Waals surface area contributed by atoms with Crippen molar-refractivity contribution < 1.29 is 36.2 Å². The van der Waals surface area contributed by atoms with Crippen LogP contribution in [0.15, 0.2) is 48.5 Å². The summed E-state index contributed by atoms with van der Waals surface area (Å²) in [5.41, 5.74) is -1.96. The number of rotatable bonds is 11. The Kier molecular flexibility index (Phi) is 8.40. The van der Waals surface area contributed by atoms with Gasteiger partial charge >= 0.3 is 6.18 Å². The van der Waals surface area contributed by atoms with Crippen molar-refractivity contribution in [3.63, 3.8) is 0 Å². The third-order valence-electron chi connectivity index (χ3n) is 6.44. The first-order valence-corrected chi connectivity index (χ1v) is 11.8. The number of nitrogens with zero attached hydrogens (tertiary/aromatic N) is 1. The minimum atomic E-state index is -4.81. The summed E-state index contributed by atoms with van der Waals surface area (Å²) < 4.78 is 82.1. The van der Waals surface area contributed by atoms with E-state index in [4.69, 9.17) is 0 Å². The molecule has 0 saturated heterocycles. The van der Waals surface area contributed by atoms with Gasteiger partial charge in [-0.1, -0.05) is 48.5 Å². The summed E-state index contributed by atoms with van der Waals surface area (Å²) >= 11 is 0. The molecule has 2 N–H and O–H groups in total. The van der Waals surface area contributed by atoms with Gasteiger partial charge in [-0.05, 0) is 48.9 Å². The van der Waals surface area contributed by atoms with Crippen molar-refractivity contribution in [1.82, 2.24) is 5.32 Å². The summed E-state index contributed by atoms with van der Waals surface area (Å²) in [5, 5.41) is 21.0. The highest BCUT2D eigenvalue weighted by Crippen LogP contribution is 2.48. The maximum Gasteiger partial charge on any atom is 0.407 e. The molecule has 3 rings (SSSR count). The van der Waals surface area contributed by atoms with Crippen molar-refractivity contribution in [2.24, 2.45) is 5.41 Å². The topological polar surface area (TPSA) is 73.1 Å². The molecule has 200 valence electrons. The lowest BCUT2D eigenvalue weighted by Gasteiger charge is -2.30. The predicted octanol–water partition coefficient (Wildman–Crippen LogP) is 6.61. The van der Waals surface area contributed by atoms with Crippen molar-refractivity contribution in [3.05, 3.63) is 59.7 Å². The number of nitriles is 1. The van der Waals surface area contributed by atoms with Crippen LogP contribution >= 0.6 is 0 Å². The number of hydrogen-bond donors (Lipinski definition) is 2. The highest BCUT2D eigenvalue weighted by Gasteiger charge is 2.48. The lowest BCUT2D eigenvalue weighted by atomic mass is 9.90. The number of benzene rings is 2. The quantitative estimate of drug-likeness (QED) is 0.323. The molecule has 2 aromatic rings. The monoisotopic (exact) mass is 526 g/mol. The Balaban J connectivity index is 1.84. The number of hydrogen-bond acceptors (Lipinski definition) is 4. The summed E-state index contributed by atoms with van der Waals surface area (Å²) in [6.45, 7) is 2.35. The molecule has 0 amide bonds. The van der Waals surface area contributed by atoms with E-state index in [1.807, 2.05) is 6.07 Å². The van der Waals surface area contributed by atoms with Crippen molar-refractivity contribution in [3.8, 4) is 17.2 Å². The van der Waals surface area contributed by atoms with Crippen molar-refractivity contribution in [1.29, 1.82) is 5.26 Å². The molecule has 0 heterocycles. The molecule has 1 aliphatic rings. The SMILES string of the molecule is CC(C)(F)CC(NC(c1ccc(-c2ccc(C(O)C(F)F)cc2)cc1)C(F)(F)F)C(=O)CC1(C#N)CC1. The third-order valence-corrected chi connectivity index (χ3v) is 6.44. The Morgan fingerprint density at radius 3 is 1.86 bits per heavy atom. The van der Waals surface area contributed by atoms with Crippen LogP contribution in [0.3, 0.4) is 0 Å². The van der Waals surface area contributed by atoms with Crippen molar-refractivity contribution in [2.45, 2.75) is 76.0 Å². The fraction of sp³-hybridized carbons (Fsp3) is 0.481. The highest BCUT2D eigenvalue weighted by atomic mass is 19.4. The Hall–Kier alpha value is -2.90. The van der Waals surface area contributed by atoms with E-state index in [9.17, 15) is 41.5 Å². The molecule has 0 bridgehead atoms. The van der Waals surface area contributed by atoms with Gasteiger partial charge < -0.3 is 5.11 Å². The number of carbonyl (C=O) groups is 1. The van der Waals surface area contributed by atoms with Gasteiger partial charge in [0.15, 0.2) is 5.78 Å². The van der Waals surface area contributed by atoms with E-state index in [0.29, 0.717) is 24.0 Å². The average molecular weight is 527 g/mol. The van der Waals surface area contributed by atoms with Crippen LogP contribution in [0.4, 0.5) is 26.3 Å². The maximum atomic E-state index is 14.4. The van der Waals surface area contributed by atoms with Crippen LogP contribution in [0.25, 0.3) is 11.1 Å². The molecule has 4 nitrogen and oxygen atoms in total. The Morgan fingerprint density at radius 2 is 1.49 bits per heavy atom. The van der Waals surface area contributed by atoms with Gasteiger partial charge in [-0.25, -0.2) is 13.2 Å². The van der Waals surface area contributed by atoms with Gasteiger partial charge in [-0.15, -0.1) is 0 Å². The molecule has 0 aromatic heterocycles. The molecular weight excluding hydrogens is 498 g/mol. The summed E-state index contributed by atoms with van der Waals surface area (Å²) in [6, 6.07) is 9.15. The number of aliphatic hydroxyl groups excluding tert-OH is 1. The predicted molar refractivity (Wildman–Crippen MR) is 125 cm³/mol. The first-order valence-electron chi connectivity index (χ1n) is 11.8. The Morgan fingerprint density at radius 1 is 1.00 bits per heavy atom. The second-order valence-corrected chi connectivity index (χ2v) is 10.2. The average Bonchev–Trinajstić information content (AvgIpc) is 3.59. The molecule has 37 heavy (non-hydrogen) atoms. The molecule has 1 saturated carbocycles. The van der Waals surface area contributed by atoms with E-state index in [1.54, 1.807) is 0 Å². The number of nitrogens with one attached hydrogen (secondary N) is 1. The molecule has 3 atom stereocenters. The fourth-order valence-corrected chi connectivity index (χ4v) is 4.15. The van der Waals surface area contributed by atoms with E-state index < -0.39 is 54.1 Å². The highest BCUT2D eigenvalue weighted by molar-refractivity contribution is 5.85. The van der Waals surface area contributed by atoms with Crippen LogP contribution < -0.4 is 5.32 Å². The molecule has 2 aromatic carbocycles. The first-order chi connectivity index (χ1) is 17.1. The molecule has 1 aliphatic carbocycles. The van der Waals surface area contributed by atoms with Gasteiger partial charge in [0, 0.05) is 12.8 Å². The molecule has 1 fully saturated rings. The minimum Gasteiger partial charge on any atom is -0.382 e. The van der Waals surface area contributed by atoms with Crippen LogP contribution in [0.2, 0.25) is 0 Å². The van der Waals surface area contributed by atoms with Crippen LogP contribution in [0.1, 0.15) is 62.8 Å². The van der Waals surface area contributed by atoms with Crippen LogP contribution in [0.5, 0.6) is 0 Å². The molecule has 0 aliphatic heterocycles. The molecule has 10 heteroatoms.